The van der Waals surface area contributed by atoms with E-state index in [1.54, 1.807) is 13.2 Å². The van der Waals surface area contributed by atoms with Crippen molar-refractivity contribution in [3.05, 3.63) is 30.0 Å². The molecule has 0 saturated carbocycles. The molecule has 0 amide bonds. The minimum atomic E-state index is 0.315. The fourth-order valence-electron chi connectivity index (χ4n) is 1.78. The highest BCUT2D eigenvalue weighted by molar-refractivity contribution is 5.89. The van der Waals surface area contributed by atoms with Crippen molar-refractivity contribution >= 4 is 10.9 Å². The fourth-order valence-corrected chi connectivity index (χ4v) is 1.78. The zero-order valence-electron chi connectivity index (χ0n) is 8.32. The zero-order chi connectivity index (χ0) is 10.1. The van der Waals surface area contributed by atoms with Crippen LogP contribution in [0.5, 0.6) is 5.75 Å². The molecule has 0 fully saturated rings. The Morgan fingerprint density at radius 1 is 1.43 bits per heavy atom. The number of aromatic hydroxyl groups is 1. The lowest BCUT2D eigenvalue weighted by molar-refractivity contribution is 0.185. The Hall–Kier alpha value is -1.48. The van der Waals surface area contributed by atoms with Crippen LogP contribution in [0.25, 0.3) is 10.9 Å². The molecule has 3 nitrogen and oxygen atoms in total. The van der Waals surface area contributed by atoms with Crippen LogP contribution in [0.15, 0.2) is 24.4 Å². The minimum absolute atomic E-state index is 0.315. The number of rotatable bonds is 2. The summed E-state index contributed by atoms with van der Waals surface area (Å²) in [7, 11) is 3.61. The molecule has 0 saturated heterocycles. The molecule has 2 rings (SSSR count). The van der Waals surface area contributed by atoms with Gasteiger partial charge in [-0.3, -0.25) is 0 Å². The van der Waals surface area contributed by atoms with E-state index in [0.717, 1.165) is 16.5 Å². The predicted octanol–water partition coefficient (Wildman–Crippen LogP) is 2.03. The first-order chi connectivity index (χ1) is 6.74. The molecule has 74 valence electrons. The van der Waals surface area contributed by atoms with E-state index in [1.807, 2.05) is 29.9 Å². The zero-order valence-corrected chi connectivity index (χ0v) is 8.32. The van der Waals surface area contributed by atoms with E-state index in [-0.39, 0.29) is 0 Å². The Balaban J connectivity index is 2.72. The molecule has 1 heterocycles. The van der Waals surface area contributed by atoms with E-state index in [9.17, 15) is 5.11 Å². The van der Waals surface area contributed by atoms with E-state index >= 15 is 0 Å². The summed E-state index contributed by atoms with van der Waals surface area (Å²) in [5.74, 6) is 0.315. The lowest BCUT2D eigenvalue weighted by Crippen LogP contribution is -1.85. The average Bonchev–Trinajstić information content (AvgIpc) is 2.46. The Kier molecular flexibility index (Phi) is 2.17. The molecule has 0 spiro atoms. The number of hydrogen-bond donors (Lipinski definition) is 1. The molecule has 0 radical (unpaired) electrons. The van der Waals surface area contributed by atoms with Gasteiger partial charge in [-0.25, -0.2) is 0 Å². The Bertz CT molecular complexity index is 460. The van der Waals surface area contributed by atoms with Gasteiger partial charge >= 0.3 is 0 Å². The normalized spacial score (nSPS) is 11.0. The third-order valence-corrected chi connectivity index (χ3v) is 2.37. The lowest BCUT2D eigenvalue weighted by Gasteiger charge is -1.99. The summed E-state index contributed by atoms with van der Waals surface area (Å²) in [5, 5.41) is 10.6. The maximum Gasteiger partial charge on any atom is 0.125 e. The third-order valence-electron chi connectivity index (χ3n) is 2.37. The number of ether oxygens (including phenoxy) is 1. The molecule has 0 bridgehead atoms. The van der Waals surface area contributed by atoms with Gasteiger partial charge in [-0.1, -0.05) is 6.07 Å². The maximum absolute atomic E-state index is 9.72. The van der Waals surface area contributed by atoms with Gasteiger partial charge in [0.25, 0.3) is 0 Å². The Morgan fingerprint density at radius 2 is 2.21 bits per heavy atom. The van der Waals surface area contributed by atoms with Crippen LogP contribution in [0.4, 0.5) is 0 Å². The van der Waals surface area contributed by atoms with Crippen molar-refractivity contribution < 1.29 is 9.84 Å². The molecule has 0 aliphatic heterocycles. The van der Waals surface area contributed by atoms with Gasteiger partial charge in [-0.2, -0.15) is 0 Å². The third kappa shape index (κ3) is 1.26. The summed E-state index contributed by atoms with van der Waals surface area (Å²) < 4.78 is 7.07. The van der Waals surface area contributed by atoms with E-state index in [4.69, 9.17) is 4.74 Å². The molecule has 0 atom stereocenters. The van der Waals surface area contributed by atoms with Crippen LogP contribution in [-0.4, -0.2) is 16.8 Å². The fraction of sp³-hybridized carbons (Fsp3) is 0.273. The van der Waals surface area contributed by atoms with Gasteiger partial charge in [0, 0.05) is 31.3 Å². The lowest BCUT2D eigenvalue weighted by atomic mass is 10.1. The van der Waals surface area contributed by atoms with Crippen molar-refractivity contribution in [2.24, 2.45) is 7.05 Å². The molecular weight excluding hydrogens is 178 g/mol. The number of aromatic nitrogens is 1. The highest BCUT2D eigenvalue weighted by atomic mass is 16.5. The quantitative estimate of drug-likeness (QED) is 0.788. The highest BCUT2D eigenvalue weighted by Crippen LogP contribution is 2.29. The smallest absolute Gasteiger partial charge is 0.125 e. The number of phenolic OH excluding ortho intramolecular Hbond substituents is 1. The molecule has 1 aromatic carbocycles. The van der Waals surface area contributed by atoms with Crippen molar-refractivity contribution in [2.75, 3.05) is 7.11 Å². The van der Waals surface area contributed by atoms with Gasteiger partial charge in [0.1, 0.15) is 5.75 Å². The van der Waals surface area contributed by atoms with Crippen molar-refractivity contribution in [3.63, 3.8) is 0 Å². The molecular formula is C11H13NO2. The average molecular weight is 191 g/mol. The van der Waals surface area contributed by atoms with Gasteiger partial charge in [-0.05, 0) is 12.1 Å². The molecule has 3 heteroatoms. The number of phenols is 1. The molecule has 1 N–H and O–H groups in total. The Morgan fingerprint density at radius 3 is 2.93 bits per heavy atom. The summed E-state index contributed by atoms with van der Waals surface area (Å²) >= 11 is 0. The minimum Gasteiger partial charge on any atom is -0.507 e. The van der Waals surface area contributed by atoms with Gasteiger partial charge in [0.15, 0.2) is 0 Å². The second kappa shape index (κ2) is 3.35. The summed E-state index contributed by atoms with van der Waals surface area (Å²) in [5.41, 5.74) is 2.04. The number of nitrogens with zero attached hydrogens (tertiary/aromatic N) is 1. The maximum atomic E-state index is 9.72. The standard InChI is InChI=1S/C11H13NO2/c1-12-6-8(7-14-2)11-9(12)4-3-5-10(11)13/h3-6,13H,7H2,1-2H3. The first kappa shape index (κ1) is 9.09. The van der Waals surface area contributed by atoms with Crippen LogP contribution >= 0.6 is 0 Å². The number of fused-ring (bicyclic) bond motifs is 1. The summed E-state index contributed by atoms with van der Waals surface area (Å²) in [4.78, 5) is 0. The molecule has 2 aromatic rings. The van der Waals surface area contributed by atoms with Gasteiger partial charge < -0.3 is 14.4 Å². The number of hydrogen-bond acceptors (Lipinski definition) is 2. The second-order valence-corrected chi connectivity index (χ2v) is 3.37. The van der Waals surface area contributed by atoms with Crippen LogP contribution in [0.3, 0.4) is 0 Å². The molecule has 1 aromatic heterocycles. The molecule has 14 heavy (non-hydrogen) atoms. The number of methoxy groups -OCH3 is 1. The first-order valence-electron chi connectivity index (χ1n) is 4.49. The van der Waals surface area contributed by atoms with Gasteiger partial charge in [0.05, 0.1) is 12.1 Å². The highest BCUT2D eigenvalue weighted by Gasteiger charge is 2.09. The number of aryl methyl sites for hydroxylation is 1. The van der Waals surface area contributed by atoms with Crippen LogP contribution in [0.1, 0.15) is 5.56 Å². The van der Waals surface area contributed by atoms with E-state index in [1.165, 1.54) is 0 Å². The summed E-state index contributed by atoms with van der Waals surface area (Å²) in [6.07, 6.45) is 1.98. The van der Waals surface area contributed by atoms with Crippen molar-refractivity contribution in [1.82, 2.24) is 4.57 Å². The monoisotopic (exact) mass is 191 g/mol. The van der Waals surface area contributed by atoms with Crippen LogP contribution < -0.4 is 0 Å². The molecule has 0 aliphatic rings. The van der Waals surface area contributed by atoms with Gasteiger partial charge in [-0.15, -0.1) is 0 Å². The van der Waals surface area contributed by atoms with Crippen molar-refractivity contribution in [1.29, 1.82) is 0 Å². The van der Waals surface area contributed by atoms with Gasteiger partial charge in [0.2, 0.25) is 0 Å². The molecule has 0 unspecified atom stereocenters. The number of benzene rings is 1. The molecule has 0 aliphatic carbocycles. The largest absolute Gasteiger partial charge is 0.507 e. The second-order valence-electron chi connectivity index (χ2n) is 3.37. The van der Waals surface area contributed by atoms with E-state index < -0.39 is 0 Å². The predicted molar refractivity (Wildman–Crippen MR) is 55.3 cm³/mol. The van der Waals surface area contributed by atoms with Crippen LogP contribution in [0.2, 0.25) is 0 Å². The van der Waals surface area contributed by atoms with E-state index in [0.29, 0.717) is 12.4 Å². The van der Waals surface area contributed by atoms with Crippen molar-refractivity contribution in [3.8, 4) is 5.75 Å². The summed E-state index contributed by atoms with van der Waals surface area (Å²) in [6.45, 7) is 0.523. The van der Waals surface area contributed by atoms with Crippen LogP contribution in [-0.2, 0) is 18.4 Å². The van der Waals surface area contributed by atoms with E-state index in [2.05, 4.69) is 0 Å². The van der Waals surface area contributed by atoms with Crippen LogP contribution in [0, 0.1) is 0 Å². The summed E-state index contributed by atoms with van der Waals surface area (Å²) in [6, 6.07) is 5.52. The topological polar surface area (TPSA) is 34.4 Å². The van der Waals surface area contributed by atoms with Crippen molar-refractivity contribution in [2.45, 2.75) is 6.61 Å². The first-order valence-corrected chi connectivity index (χ1v) is 4.49. The Labute approximate surface area is 82.5 Å². The SMILES string of the molecule is COCc1cn(C)c2cccc(O)c12.